The molecule has 3 aromatic rings. The van der Waals surface area contributed by atoms with Gasteiger partial charge in [0.1, 0.15) is 0 Å². The number of nitrogens with one attached hydrogen (secondary N) is 1. The number of benzene rings is 2. The molecule has 0 aliphatic rings. The molecule has 0 fully saturated rings. The number of aromatic nitrogens is 2. The van der Waals surface area contributed by atoms with Gasteiger partial charge in [-0.05, 0) is 42.5 Å². The van der Waals surface area contributed by atoms with Gasteiger partial charge in [0.25, 0.3) is 0 Å². The minimum Gasteiger partial charge on any atom is -0.305 e. The predicted octanol–water partition coefficient (Wildman–Crippen LogP) is 2.77. The van der Waals surface area contributed by atoms with Gasteiger partial charge in [0.15, 0.2) is 0 Å². The second kappa shape index (κ2) is 3.79. The zero-order valence-electron chi connectivity index (χ0n) is 8.77. The fraction of sp³-hybridized carbons (Fsp3) is 0. The van der Waals surface area contributed by atoms with Crippen molar-refractivity contribution in [2.45, 2.75) is 0 Å². The third-order valence-corrected chi connectivity index (χ3v) is 2.86. The number of nitrogens with zero attached hydrogens (tertiary/aromatic N) is 1. The van der Waals surface area contributed by atoms with Crippen molar-refractivity contribution in [1.82, 2.24) is 9.55 Å². The predicted molar refractivity (Wildman–Crippen MR) is 67.7 cm³/mol. The second-order valence-corrected chi connectivity index (χ2v) is 4.12. The molecule has 3 rings (SSSR count). The Morgan fingerprint density at radius 3 is 2.71 bits per heavy atom. The van der Waals surface area contributed by atoms with E-state index in [1.807, 2.05) is 18.2 Å². The van der Waals surface area contributed by atoms with E-state index in [9.17, 15) is 4.79 Å². The molecule has 0 spiro atoms. The lowest BCUT2D eigenvalue weighted by molar-refractivity contribution is 1.02. The average Bonchev–Trinajstić information content (AvgIpc) is 2.66. The average molecular weight is 244 g/mol. The number of halogens is 1. The number of fused-ring (bicyclic) bond motifs is 1. The molecule has 0 aliphatic carbocycles. The number of aromatic amines is 1. The lowest BCUT2D eigenvalue weighted by atomic mass is 10.3. The summed E-state index contributed by atoms with van der Waals surface area (Å²) in [5.41, 5.74) is 2.22. The first-order valence-corrected chi connectivity index (χ1v) is 5.50. The topological polar surface area (TPSA) is 37.8 Å². The normalized spacial score (nSPS) is 10.9. The Morgan fingerprint density at radius 2 is 1.94 bits per heavy atom. The minimum atomic E-state index is -0.165. The van der Waals surface area contributed by atoms with Gasteiger partial charge in [-0.15, -0.1) is 0 Å². The van der Waals surface area contributed by atoms with E-state index in [0.29, 0.717) is 5.02 Å². The summed E-state index contributed by atoms with van der Waals surface area (Å²) in [6, 6.07) is 15.5. The summed E-state index contributed by atoms with van der Waals surface area (Å²) in [7, 11) is 0. The number of hydrogen-bond acceptors (Lipinski definition) is 1. The molecular weight excluding hydrogens is 236 g/mol. The molecular formula is C13H8ClN2O. The fourth-order valence-corrected chi connectivity index (χ4v) is 1.97. The van der Waals surface area contributed by atoms with Crippen LogP contribution in [-0.2, 0) is 0 Å². The van der Waals surface area contributed by atoms with Gasteiger partial charge in [0.05, 0.1) is 16.7 Å². The van der Waals surface area contributed by atoms with Crippen molar-refractivity contribution in [2.75, 3.05) is 0 Å². The summed E-state index contributed by atoms with van der Waals surface area (Å²) in [5.74, 6) is 0. The fourth-order valence-electron chi connectivity index (χ4n) is 1.84. The van der Waals surface area contributed by atoms with Crippen molar-refractivity contribution in [2.24, 2.45) is 0 Å². The summed E-state index contributed by atoms with van der Waals surface area (Å²) >= 11 is 5.83. The van der Waals surface area contributed by atoms with E-state index >= 15 is 0 Å². The Kier molecular flexibility index (Phi) is 2.27. The Balaban J connectivity index is 2.33. The molecule has 0 atom stereocenters. The number of H-pyrrole nitrogens is 1. The molecule has 1 N–H and O–H groups in total. The molecule has 83 valence electrons. The van der Waals surface area contributed by atoms with E-state index in [0.717, 1.165) is 16.7 Å². The molecule has 1 heterocycles. The van der Waals surface area contributed by atoms with Gasteiger partial charge in [-0.2, -0.15) is 0 Å². The van der Waals surface area contributed by atoms with E-state index < -0.39 is 0 Å². The van der Waals surface area contributed by atoms with E-state index in [2.05, 4.69) is 11.1 Å². The van der Waals surface area contributed by atoms with Crippen LogP contribution in [0.2, 0.25) is 5.02 Å². The van der Waals surface area contributed by atoms with Crippen LogP contribution < -0.4 is 5.69 Å². The van der Waals surface area contributed by atoms with Gasteiger partial charge in [0, 0.05) is 5.02 Å². The molecule has 1 aromatic heterocycles. The van der Waals surface area contributed by atoms with Crippen LogP contribution in [0.3, 0.4) is 0 Å². The smallest absolute Gasteiger partial charge is 0.305 e. The van der Waals surface area contributed by atoms with Gasteiger partial charge in [0.2, 0.25) is 0 Å². The lowest BCUT2D eigenvalue weighted by Crippen LogP contribution is -2.14. The third kappa shape index (κ3) is 1.65. The van der Waals surface area contributed by atoms with Crippen molar-refractivity contribution >= 4 is 22.6 Å². The molecule has 17 heavy (non-hydrogen) atoms. The van der Waals surface area contributed by atoms with Crippen LogP contribution in [0, 0.1) is 6.07 Å². The van der Waals surface area contributed by atoms with Crippen LogP contribution in [0.1, 0.15) is 0 Å². The van der Waals surface area contributed by atoms with E-state index in [1.165, 1.54) is 0 Å². The Labute approximate surface area is 102 Å². The number of rotatable bonds is 1. The highest BCUT2D eigenvalue weighted by Gasteiger charge is 2.07. The van der Waals surface area contributed by atoms with Gasteiger partial charge in [-0.25, -0.2) is 4.79 Å². The third-order valence-electron chi connectivity index (χ3n) is 2.61. The lowest BCUT2D eigenvalue weighted by Gasteiger charge is -2.02. The zero-order valence-corrected chi connectivity index (χ0v) is 9.53. The summed E-state index contributed by atoms with van der Waals surface area (Å²) in [6.07, 6.45) is 0. The largest absolute Gasteiger partial charge is 0.331 e. The maximum absolute atomic E-state index is 11.9. The van der Waals surface area contributed by atoms with Crippen molar-refractivity contribution in [3.05, 3.63) is 64.0 Å². The highest BCUT2D eigenvalue weighted by atomic mass is 35.5. The maximum Gasteiger partial charge on any atom is 0.331 e. The molecule has 0 saturated carbocycles. The van der Waals surface area contributed by atoms with Crippen LogP contribution in [0.4, 0.5) is 0 Å². The van der Waals surface area contributed by atoms with Crippen molar-refractivity contribution < 1.29 is 0 Å². The zero-order chi connectivity index (χ0) is 11.8. The van der Waals surface area contributed by atoms with Gasteiger partial charge in [-0.1, -0.05) is 17.7 Å². The Bertz CT molecular complexity index is 725. The molecule has 0 amide bonds. The number of imidazole rings is 1. The Hall–Kier alpha value is -2.00. The minimum absolute atomic E-state index is 0.165. The van der Waals surface area contributed by atoms with E-state index in [1.54, 1.807) is 28.8 Å². The molecule has 3 nitrogen and oxygen atoms in total. The van der Waals surface area contributed by atoms with E-state index in [-0.39, 0.29) is 5.69 Å². The second-order valence-electron chi connectivity index (χ2n) is 3.69. The first kappa shape index (κ1) is 10.2. The van der Waals surface area contributed by atoms with Gasteiger partial charge < -0.3 is 4.98 Å². The highest BCUT2D eigenvalue weighted by molar-refractivity contribution is 6.30. The van der Waals surface area contributed by atoms with Crippen LogP contribution in [0.15, 0.2) is 47.3 Å². The van der Waals surface area contributed by atoms with Crippen molar-refractivity contribution in [3.63, 3.8) is 0 Å². The summed E-state index contributed by atoms with van der Waals surface area (Å²) in [5, 5.41) is 0.648. The first-order chi connectivity index (χ1) is 8.25. The van der Waals surface area contributed by atoms with Crippen LogP contribution >= 0.6 is 11.6 Å². The van der Waals surface area contributed by atoms with Crippen LogP contribution in [0.25, 0.3) is 16.7 Å². The standard InChI is InChI=1S/C13H8ClN2O/c14-9-5-7-10(8-6-9)16-12-4-2-1-3-11(12)15-13(16)17/h2-8H,(H,15,17). The quantitative estimate of drug-likeness (QED) is 0.701. The molecule has 0 aliphatic heterocycles. The van der Waals surface area contributed by atoms with E-state index in [4.69, 9.17) is 11.6 Å². The number of hydrogen-bond donors (Lipinski definition) is 1. The van der Waals surface area contributed by atoms with Crippen LogP contribution in [0.5, 0.6) is 0 Å². The van der Waals surface area contributed by atoms with Crippen molar-refractivity contribution in [1.29, 1.82) is 0 Å². The summed E-state index contributed by atoms with van der Waals surface area (Å²) < 4.78 is 1.61. The highest BCUT2D eigenvalue weighted by Crippen LogP contribution is 2.16. The summed E-state index contributed by atoms with van der Waals surface area (Å²) in [4.78, 5) is 14.7. The molecule has 4 heteroatoms. The van der Waals surface area contributed by atoms with Crippen molar-refractivity contribution in [3.8, 4) is 5.69 Å². The maximum atomic E-state index is 11.9. The summed E-state index contributed by atoms with van der Waals surface area (Å²) in [6.45, 7) is 0. The molecule has 0 bridgehead atoms. The first-order valence-electron chi connectivity index (χ1n) is 5.12. The molecule has 2 aromatic carbocycles. The van der Waals surface area contributed by atoms with Gasteiger partial charge >= 0.3 is 5.69 Å². The monoisotopic (exact) mass is 243 g/mol. The Morgan fingerprint density at radius 1 is 1.18 bits per heavy atom. The van der Waals surface area contributed by atoms with Crippen LogP contribution in [-0.4, -0.2) is 9.55 Å². The molecule has 1 radical (unpaired) electrons. The molecule has 0 unspecified atom stereocenters. The SMILES string of the molecule is O=c1[nH]c2c[c]ccc2n1-c1ccc(Cl)cc1. The van der Waals surface area contributed by atoms with Gasteiger partial charge in [-0.3, -0.25) is 4.57 Å². The molecule has 0 saturated heterocycles.